The van der Waals surface area contributed by atoms with Gasteiger partial charge in [0, 0.05) is 35.1 Å². The Hall–Kier alpha value is -3.34. The minimum Gasteiger partial charge on any atom is -0.356 e. The van der Waals surface area contributed by atoms with Crippen LogP contribution < -0.4 is 10.9 Å². The van der Waals surface area contributed by atoms with Gasteiger partial charge >= 0.3 is 0 Å². The molecule has 1 aliphatic carbocycles. The second-order valence-electron chi connectivity index (χ2n) is 7.45. The lowest BCUT2D eigenvalue weighted by atomic mass is 9.91. The number of aromatic amines is 1. The first-order valence-electron chi connectivity index (χ1n) is 9.62. The number of H-pyrrole nitrogens is 1. The van der Waals surface area contributed by atoms with Crippen LogP contribution in [0.1, 0.15) is 40.5 Å². The molecule has 5 rings (SSSR count). The number of benzene rings is 2. The molecule has 0 radical (unpaired) electrons. The summed E-state index contributed by atoms with van der Waals surface area (Å²) in [6.45, 7) is 0. The number of hydrogen-bond acceptors (Lipinski definition) is 2. The number of pyridine rings is 1. The summed E-state index contributed by atoms with van der Waals surface area (Å²) in [5, 5.41) is 5.19. The summed E-state index contributed by atoms with van der Waals surface area (Å²) >= 11 is 0. The molecular weight excluding hydrogens is 350 g/mol. The van der Waals surface area contributed by atoms with E-state index in [0.29, 0.717) is 5.56 Å². The molecule has 1 atom stereocenters. The van der Waals surface area contributed by atoms with Crippen LogP contribution in [-0.4, -0.2) is 15.5 Å². The molecule has 1 aliphatic rings. The van der Waals surface area contributed by atoms with E-state index >= 15 is 0 Å². The summed E-state index contributed by atoms with van der Waals surface area (Å²) in [4.78, 5) is 29.0. The molecule has 2 heterocycles. The highest BCUT2D eigenvalue weighted by atomic mass is 16.2. The lowest BCUT2D eigenvalue weighted by Crippen LogP contribution is -2.32. The van der Waals surface area contributed by atoms with Crippen LogP contribution in [0.15, 0.2) is 59.4 Å². The molecule has 28 heavy (non-hydrogen) atoms. The molecule has 0 saturated heterocycles. The van der Waals surface area contributed by atoms with Crippen molar-refractivity contribution in [2.45, 2.75) is 25.3 Å². The van der Waals surface area contributed by atoms with Gasteiger partial charge in [0.05, 0.1) is 17.1 Å². The zero-order valence-electron chi connectivity index (χ0n) is 15.7. The molecule has 0 spiro atoms. The fourth-order valence-electron chi connectivity index (χ4n) is 4.39. The Kier molecular flexibility index (Phi) is 3.83. The molecule has 0 saturated carbocycles. The largest absolute Gasteiger partial charge is 0.356 e. The van der Waals surface area contributed by atoms with Crippen LogP contribution in [0.3, 0.4) is 0 Å². The molecule has 0 fully saturated rings. The number of hydrogen-bond donors (Lipinski definition) is 2. The van der Waals surface area contributed by atoms with E-state index in [2.05, 4.69) is 22.4 Å². The number of amides is 1. The molecule has 2 aromatic heterocycles. The van der Waals surface area contributed by atoms with Gasteiger partial charge in [0.25, 0.3) is 11.5 Å². The van der Waals surface area contributed by atoms with Crippen LogP contribution in [0.4, 0.5) is 0 Å². The van der Waals surface area contributed by atoms with E-state index in [4.69, 9.17) is 0 Å². The van der Waals surface area contributed by atoms with Crippen molar-refractivity contribution < 1.29 is 4.79 Å². The molecule has 0 bridgehead atoms. The van der Waals surface area contributed by atoms with Crippen molar-refractivity contribution in [2.75, 3.05) is 0 Å². The highest BCUT2D eigenvalue weighted by Gasteiger charge is 2.26. The molecule has 5 heteroatoms. The van der Waals surface area contributed by atoms with Gasteiger partial charge in [0.2, 0.25) is 0 Å². The Labute approximate surface area is 162 Å². The van der Waals surface area contributed by atoms with Gasteiger partial charge in [-0.15, -0.1) is 0 Å². The van der Waals surface area contributed by atoms with Crippen molar-refractivity contribution in [1.82, 2.24) is 14.9 Å². The number of aromatic nitrogens is 2. The predicted molar refractivity (Wildman–Crippen MR) is 111 cm³/mol. The standard InChI is InChI=1S/C23H21N3O2/c1-26-20-12-5-3-8-15(20)17(13-21(26)27)23(28)25-19-11-6-9-16-14-7-2-4-10-18(14)24-22(16)19/h2-5,7-8,10,12-13,19,24H,6,9,11H2,1H3,(H,25,28)/t19-/m0/s1. The van der Waals surface area contributed by atoms with Gasteiger partial charge in [0.15, 0.2) is 0 Å². The number of para-hydroxylation sites is 2. The normalized spacial score (nSPS) is 16.2. The molecule has 2 N–H and O–H groups in total. The SMILES string of the molecule is Cn1c(=O)cc(C(=O)N[C@H]2CCCc3c2[nH]c2ccccc32)c2ccccc21. The van der Waals surface area contributed by atoms with Crippen molar-refractivity contribution in [1.29, 1.82) is 0 Å². The van der Waals surface area contributed by atoms with E-state index in [1.54, 1.807) is 11.6 Å². The highest BCUT2D eigenvalue weighted by Crippen LogP contribution is 2.34. The van der Waals surface area contributed by atoms with Crippen LogP contribution in [0.2, 0.25) is 0 Å². The van der Waals surface area contributed by atoms with Gasteiger partial charge in [-0.3, -0.25) is 9.59 Å². The lowest BCUT2D eigenvalue weighted by molar-refractivity contribution is 0.0933. The smallest absolute Gasteiger partial charge is 0.252 e. The molecule has 0 unspecified atom stereocenters. The van der Waals surface area contributed by atoms with Crippen molar-refractivity contribution in [3.05, 3.63) is 81.8 Å². The Morgan fingerprint density at radius 2 is 1.86 bits per heavy atom. The van der Waals surface area contributed by atoms with Gasteiger partial charge in [-0.2, -0.15) is 0 Å². The lowest BCUT2D eigenvalue weighted by Gasteiger charge is -2.24. The molecule has 140 valence electrons. The van der Waals surface area contributed by atoms with Gasteiger partial charge in [-0.1, -0.05) is 36.4 Å². The number of carbonyl (C=O) groups is 1. The zero-order valence-corrected chi connectivity index (χ0v) is 15.7. The average molecular weight is 371 g/mol. The van der Waals surface area contributed by atoms with Crippen LogP contribution in [0.5, 0.6) is 0 Å². The monoisotopic (exact) mass is 371 g/mol. The van der Waals surface area contributed by atoms with Gasteiger partial charge in [-0.05, 0) is 37.0 Å². The van der Waals surface area contributed by atoms with Crippen LogP contribution in [0, 0.1) is 0 Å². The summed E-state index contributed by atoms with van der Waals surface area (Å²) in [5.74, 6) is -0.203. The zero-order chi connectivity index (χ0) is 19.3. The molecular formula is C23H21N3O2. The van der Waals surface area contributed by atoms with E-state index in [1.165, 1.54) is 17.0 Å². The van der Waals surface area contributed by atoms with E-state index in [9.17, 15) is 9.59 Å². The second-order valence-corrected chi connectivity index (χ2v) is 7.45. The van der Waals surface area contributed by atoms with E-state index in [0.717, 1.165) is 41.4 Å². The Morgan fingerprint density at radius 1 is 1.11 bits per heavy atom. The summed E-state index contributed by atoms with van der Waals surface area (Å²) in [5.41, 5.74) is 4.50. The molecule has 0 aliphatic heterocycles. The van der Waals surface area contributed by atoms with Crippen molar-refractivity contribution in [3.63, 3.8) is 0 Å². The minimum absolute atomic E-state index is 0.0773. The van der Waals surface area contributed by atoms with E-state index in [1.807, 2.05) is 36.4 Å². The number of carbonyl (C=O) groups excluding carboxylic acids is 1. The van der Waals surface area contributed by atoms with Crippen LogP contribution >= 0.6 is 0 Å². The van der Waals surface area contributed by atoms with Crippen molar-refractivity contribution in [3.8, 4) is 0 Å². The molecule has 5 nitrogen and oxygen atoms in total. The number of rotatable bonds is 2. The summed E-state index contributed by atoms with van der Waals surface area (Å²) in [6, 6.07) is 17.1. The molecule has 1 amide bonds. The predicted octanol–water partition coefficient (Wildman–Crippen LogP) is 3.83. The number of nitrogens with one attached hydrogen (secondary N) is 2. The fraction of sp³-hybridized carbons (Fsp3) is 0.217. The second kappa shape index (κ2) is 6.37. The highest BCUT2D eigenvalue weighted by molar-refractivity contribution is 6.06. The molecule has 2 aromatic carbocycles. The van der Waals surface area contributed by atoms with Crippen LogP contribution in [0.25, 0.3) is 21.8 Å². The third-order valence-electron chi connectivity index (χ3n) is 5.82. The minimum atomic E-state index is -0.203. The first-order chi connectivity index (χ1) is 13.6. The third kappa shape index (κ3) is 2.54. The van der Waals surface area contributed by atoms with Gasteiger partial charge in [0.1, 0.15) is 0 Å². The Morgan fingerprint density at radius 3 is 2.71 bits per heavy atom. The summed E-state index contributed by atoms with van der Waals surface area (Å²) < 4.78 is 1.57. The number of aryl methyl sites for hydroxylation is 2. The maximum Gasteiger partial charge on any atom is 0.252 e. The van der Waals surface area contributed by atoms with Crippen molar-refractivity contribution >= 4 is 27.7 Å². The maximum atomic E-state index is 13.1. The van der Waals surface area contributed by atoms with Gasteiger partial charge in [-0.25, -0.2) is 0 Å². The summed E-state index contributed by atoms with van der Waals surface area (Å²) in [6.07, 6.45) is 2.92. The van der Waals surface area contributed by atoms with E-state index < -0.39 is 0 Å². The van der Waals surface area contributed by atoms with Crippen molar-refractivity contribution in [2.24, 2.45) is 7.05 Å². The first-order valence-corrected chi connectivity index (χ1v) is 9.62. The Bertz CT molecular complexity index is 1280. The maximum absolute atomic E-state index is 13.1. The van der Waals surface area contributed by atoms with Crippen LogP contribution in [-0.2, 0) is 13.5 Å². The quantitative estimate of drug-likeness (QED) is 0.562. The topological polar surface area (TPSA) is 66.9 Å². The summed E-state index contributed by atoms with van der Waals surface area (Å²) in [7, 11) is 1.73. The average Bonchev–Trinajstić information content (AvgIpc) is 3.10. The van der Waals surface area contributed by atoms with E-state index in [-0.39, 0.29) is 17.5 Å². The molecule has 4 aromatic rings. The Balaban J connectivity index is 1.55. The van der Waals surface area contributed by atoms with Gasteiger partial charge < -0.3 is 14.9 Å². The third-order valence-corrected chi connectivity index (χ3v) is 5.82. The number of nitrogens with zero attached hydrogens (tertiary/aromatic N) is 1. The number of fused-ring (bicyclic) bond motifs is 4. The first kappa shape index (κ1) is 16.8. The fourth-order valence-corrected chi connectivity index (χ4v) is 4.39.